The van der Waals surface area contributed by atoms with Crippen LogP contribution in [0.25, 0.3) is 0 Å². The quantitative estimate of drug-likeness (QED) is 0.819. The van der Waals surface area contributed by atoms with Gasteiger partial charge in [0.15, 0.2) is 0 Å². The lowest BCUT2D eigenvalue weighted by Crippen LogP contribution is -2.12. The van der Waals surface area contributed by atoms with Crippen LogP contribution in [0, 0.1) is 20.8 Å². The third kappa shape index (κ3) is 5.02. The molecule has 0 aliphatic rings. The maximum Gasteiger partial charge on any atom is 0.221 e. The van der Waals surface area contributed by atoms with E-state index in [1.54, 1.807) is 0 Å². The zero-order valence-electron chi connectivity index (χ0n) is 14.1. The van der Waals surface area contributed by atoms with Crippen molar-refractivity contribution in [3.63, 3.8) is 0 Å². The number of amides is 1. The smallest absolute Gasteiger partial charge is 0.221 e. The van der Waals surface area contributed by atoms with Gasteiger partial charge in [0.05, 0.1) is 5.69 Å². The van der Waals surface area contributed by atoms with E-state index in [-0.39, 0.29) is 5.91 Å². The minimum absolute atomic E-state index is 0.120. The maximum absolute atomic E-state index is 11.2. The summed E-state index contributed by atoms with van der Waals surface area (Å²) in [6.45, 7) is 8.37. The van der Waals surface area contributed by atoms with E-state index in [9.17, 15) is 4.79 Å². The number of hydrogen-bond donors (Lipinski definition) is 1. The normalized spacial score (nSPS) is 10.3. The standard InChI is InChI=1S/C19H23NO3/c1-13-5-7-15(3)18(11-13)22-9-10-23-19-12-14(2)6-8-17(19)20-16(4)21/h5-8,11-12H,9-10H2,1-4H3,(H,20,21). The van der Waals surface area contributed by atoms with E-state index in [2.05, 4.69) is 11.4 Å². The van der Waals surface area contributed by atoms with Gasteiger partial charge in [-0.15, -0.1) is 0 Å². The van der Waals surface area contributed by atoms with Crippen molar-refractivity contribution in [1.29, 1.82) is 0 Å². The Morgan fingerprint density at radius 1 is 0.913 bits per heavy atom. The van der Waals surface area contributed by atoms with Crippen LogP contribution < -0.4 is 14.8 Å². The van der Waals surface area contributed by atoms with Crippen molar-refractivity contribution in [3.05, 3.63) is 53.1 Å². The molecule has 0 fully saturated rings. The van der Waals surface area contributed by atoms with E-state index >= 15 is 0 Å². The zero-order chi connectivity index (χ0) is 16.8. The molecule has 0 aliphatic heterocycles. The summed E-state index contributed by atoms with van der Waals surface area (Å²) >= 11 is 0. The number of hydrogen-bond acceptors (Lipinski definition) is 3. The molecule has 0 radical (unpaired) electrons. The largest absolute Gasteiger partial charge is 0.490 e. The number of nitrogens with one attached hydrogen (secondary N) is 1. The van der Waals surface area contributed by atoms with Gasteiger partial charge in [-0.25, -0.2) is 0 Å². The molecule has 0 atom stereocenters. The van der Waals surface area contributed by atoms with Crippen molar-refractivity contribution in [2.24, 2.45) is 0 Å². The summed E-state index contributed by atoms with van der Waals surface area (Å²) in [5.41, 5.74) is 4.02. The van der Waals surface area contributed by atoms with Crippen LogP contribution in [0.1, 0.15) is 23.6 Å². The van der Waals surface area contributed by atoms with Gasteiger partial charge in [0, 0.05) is 6.92 Å². The van der Waals surface area contributed by atoms with Gasteiger partial charge in [-0.05, 0) is 55.7 Å². The molecule has 122 valence electrons. The number of rotatable bonds is 6. The van der Waals surface area contributed by atoms with E-state index in [4.69, 9.17) is 9.47 Å². The first kappa shape index (κ1) is 16.9. The van der Waals surface area contributed by atoms with Crippen molar-refractivity contribution >= 4 is 11.6 Å². The van der Waals surface area contributed by atoms with Crippen LogP contribution >= 0.6 is 0 Å². The van der Waals surface area contributed by atoms with Crippen molar-refractivity contribution in [2.75, 3.05) is 18.5 Å². The fraction of sp³-hybridized carbons (Fsp3) is 0.316. The number of ether oxygens (including phenoxy) is 2. The van der Waals surface area contributed by atoms with Crippen LogP contribution in [0.4, 0.5) is 5.69 Å². The molecule has 4 heteroatoms. The Balaban J connectivity index is 1.94. The summed E-state index contributed by atoms with van der Waals surface area (Å²) in [4.78, 5) is 11.2. The van der Waals surface area contributed by atoms with Gasteiger partial charge in [0.25, 0.3) is 0 Å². The Hall–Kier alpha value is -2.49. The average Bonchev–Trinajstić information content (AvgIpc) is 2.49. The summed E-state index contributed by atoms with van der Waals surface area (Å²) in [7, 11) is 0. The number of anilines is 1. The Morgan fingerprint density at radius 2 is 1.48 bits per heavy atom. The van der Waals surface area contributed by atoms with Crippen molar-refractivity contribution in [2.45, 2.75) is 27.7 Å². The number of benzene rings is 2. The second kappa shape index (κ2) is 7.68. The highest BCUT2D eigenvalue weighted by Crippen LogP contribution is 2.26. The first-order valence-electron chi connectivity index (χ1n) is 7.67. The third-order valence-electron chi connectivity index (χ3n) is 3.39. The highest BCUT2D eigenvalue weighted by Gasteiger charge is 2.06. The number of carbonyl (C=O) groups is 1. The van der Waals surface area contributed by atoms with Crippen LogP contribution in [0.15, 0.2) is 36.4 Å². The molecule has 1 amide bonds. The fourth-order valence-electron chi connectivity index (χ4n) is 2.21. The zero-order valence-corrected chi connectivity index (χ0v) is 14.1. The van der Waals surface area contributed by atoms with Crippen LogP contribution in [-0.2, 0) is 4.79 Å². The van der Waals surface area contributed by atoms with Gasteiger partial charge < -0.3 is 14.8 Å². The van der Waals surface area contributed by atoms with Crippen LogP contribution in [0.3, 0.4) is 0 Å². The Bertz CT molecular complexity index is 695. The molecule has 0 saturated heterocycles. The lowest BCUT2D eigenvalue weighted by Gasteiger charge is -2.14. The molecular weight excluding hydrogens is 290 g/mol. The van der Waals surface area contributed by atoms with Crippen molar-refractivity contribution < 1.29 is 14.3 Å². The molecule has 0 heterocycles. The van der Waals surface area contributed by atoms with Crippen LogP contribution in [0.2, 0.25) is 0 Å². The van der Waals surface area contributed by atoms with Crippen LogP contribution in [0.5, 0.6) is 11.5 Å². The van der Waals surface area contributed by atoms with Crippen molar-refractivity contribution in [1.82, 2.24) is 0 Å². The topological polar surface area (TPSA) is 47.6 Å². The summed E-state index contributed by atoms with van der Waals surface area (Å²) in [6.07, 6.45) is 0. The average molecular weight is 313 g/mol. The predicted octanol–water partition coefficient (Wildman–Crippen LogP) is 4.03. The van der Waals surface area contributed by atoms with E-state index in [0.717, 1.165) is 22.4 Å². The minimum Gasteiger partial charge on any atom is -0.490 e. The number of aryl methyl sites for hydroxylation is 3. The second-order valence-electron chi connectivity index (χ2n) is 5.65. The first-order chi connectivity index (χ1) is 11.0. The van der Waals surface area contributed by atoms with Crippen molar-refractivity contribution in [3.8, 4) is 11.5 Å². The third-order valence-corrected chi connectivity index (χ3v) is 3.39. The van der Waals surface area contributed by atoms with E-state index < -0.39 is 0 Å². The molecule has 0 bridgehead atoms. The highest BCUT2D eigenvalue weighted by molar-refractivity contribution is 5.90. The summed E-state index contributed by atoms with van der Waals surface area (Å²) in [5, 5.41) is 2.77. The Labute approximate surface area is 137 Å². The Kier molecular flexibility index (Phi) is 5.63. The molecule has 23 heavy (non-hydrogen) atoms. The molecule has 2 aromatic carbocycles. The Morgan fingerprint density at radius 3 is 2.13 bits per heavy atom. The lowest BCUT2D eigenvalue weighted by atomic mass is 10.1. The summed E-state index contributed by atoms with van der Waals surface area (Å²) < 4.78 is 11.5. The van der Waals surface area contributed by atoms with Gasteiger partial charge in [-0.3, -0.25) is 4.79 Å². The van der Waals surface area contributed by atoms with E-state index in [1.165, 1.54) is 6.92 Å². The molecular formula is C19H23NO3. The number of carbonyl (C=O) groups excluding carboxylic acids is 1. The molecule has 2 rings (SSSR count). The van der Waals surface area contributed by atoms with E-state index in [1.807, 2.05) is 51.1 Å². The fourth-order valence-corrected chi connectivity index (χ4v) is 2.21. The molecule has 0 saturated carbocycles. The molecule has 1 N–H and O–H groups in total. The predicted molar refractivity (Wildman–Crippen MR) is 92.4 cm³/mol. The molecule has 0 aromatic heterocycles. The highest BCUT2D eigenvalue weighted by atomic mass is 16.5. The van der Waals surface area contributed by atoms with Gasteiger partial charge >= 0.3 is 0 Å². The van der Waals surface area contributed by atoms with Crippen LogP contribution in [-0.4, -0.2) is 19.1 Å². The van der Waals surface area contributed by atoms with Gasteiger partial charge in [-0.1, -0.05) is 18.2 Å². The molecule has 4 nitrogen and oxygen atoms in total. The van der Waals surface area contributed by atoms with Gasteiger partial charge in [0.2, 0.25) is 5.91 Å². The lowest BCUT2D eigenvalue weighted by molar-refractivity contribution is -0.114. The first-order valence-corrected chi connectivity index (χ1v) is 7.67. The van der Waals surface area contributed by atoms with Gasteiger partial charge in [0.1, 0.15) is 24.7 Å². The SMILES string of the molecule is CC(=O)Nc1ccc(C)cc1OCCOc1cc(C)ccc1C. The molecule has 2 aromatic rings. The second-order valence-corrected chi connectivity index (χ2v) is 5.65. The van der Waals surface area contributed by atoms with E-state index in [0.29, 0.717) is 24.7 Å². The minimum atomic E-state index is -0.120. The maximum atomic E-state index is 11.2. The van der Waals surface area contributed by atoms with Gasteiger partial charge in [-0.2, -0.15) is 0 Å². The molecule has 0 aliphatic carbocycles. The monoisotopic (exact) mass is 313 g/mol. The molecule has 0 unspecified atom stereocenters. The summed E-state index contributed by atoms with van der Waals surface area (Å²) in [6, 6.07) is 11.8. The summed E-state index contributed by atoms with van der Waals surface area (Å²) in [5.74, 6) is 1.41. The molecule has 0 spiro atoms.